The van der Waals surface area contributed by atoms with Crippen LogP contribution in [0.2, 0.25) is 0 Å². The quantitative estimate of drug-likeness (QED) is 0.486. The first kappa shape index (κ1) is 19.8. The molecule has 2 aromatic heterocycles. The van der Waals surface area contributed by atoms with Gasteiger partial charge in [-0.2, -0.15) is 0 Å². The fraction of sp³-hybridized carbons (Fsp3) is 0.150. The van der Waals surface area contributed by atoms with E-state index in [0.29, 0.717) is 17.2 Å². The Morgan fingerprint density at radius 1 is 1.10 bits per heavy atom. The summed E-state index contributed by atoms with van der Waals surface area (Å²) in [5.41, 5.74) is 2.05. The molecule has 4 aromatic rings. The minimum atomic E-state index is -0.397. The minimum absolute atomic E-state index is 0.127. The number of nitrogens with zero attached hydrogens (tertiary/aromatic N) is 6. The Hall–Kier alpha value is -3.53. The monoisotopic (exact) mass is 467 g/mol. The first-order valence-corrected chi connectivity index (χ1v) is 9.91. The predicted octanol–water partition coefficient (Wildman–Crippen LogP) is 2.54. The Morgan fingerprint density at radius 3 is 2.50 bits per heavy atom. The zero-order chi connectivity index (χ0) is 21.3. The molecule has 2 heterocycles. The molecule has 0 fully saturated rings. The molecule has 0 bridgehead atoms. The van der Waals surface area contributed by atoms with Crippen molar-refractivity contribution in [2.24, 2.45) is 7.05 Å². The van der Waals surface area contributed by atoms with Crippen LogP contribution in [0.5, 0.6) is 0 Å². The van der Waals surface area contributed by atoms with E-state index in [0.717, 1.165) is 10.0 Å². The largest absolute Gasteiger partial charge is 0.318 e. The van der Waals surface area contributed by atoms with Crippen LogP contribution in [-0.4, -0.2) is 35.5 Å². The maximum atomic E-state index is 12.9. The molecule has 0 aliphatic heterocycles. The summed E-state index contributed by atoms with van der Waals surface area (Å²) in [6, 6.07) is 16.7. The summed E-state index contributed by atoms with van der Waals surface area (Å²) in [4.78, 5) is 25.6. The molecule has 1 N–H and O–H groups in total. The highest BCUT2D eigenvalue weighted by Crippen LogP contribution is 2.19. The zero-order valence-corrected chi connectivity index (χ0v) is 17.9. The number of aromatic nitrogens is 6. The first-order chi connectivity index (χ1) is 14.5. The molecule has 10 heteroatoms. The number of benzene rings is 2. The number of carbonyl (C=O) groups is 1. The molecule has 0 aliphatic rings. The van der Waals surface area contributed by atoms with Crippen molar-refractivity contribution in [1.29, 1.82) is 0 Å². The molecule has 0 saturated heterocycles. The van der Waals surface area contributed by atoms with Crippen LogP contribution in [0.4, 0.5) is 5.69 Å². The van der Waals surface area contributed by atoms with E-state index in [9.17, 15) is 9.59 Å². The van der Waals surface area contributed by atoms with Gasteiger partial charge >= 0.3 is 0 Å². The summed E-state index contributed by atoms with van der Waals surface area (Å²) >= 11 is 3.39. The third-order valence-electron chi connectivity index (χ3n) is 4.75. The number of tetrazole rings is 1. The van der Waals surface area contributed by atoms with Gasteiger partial charge in [-0.25, -0.2) is 9.36 Å². The molecule has 30 heavy (non-hydrogen) atoms. The highest BCUT2D eigenvalue weighted by molar-refractivity contribution is 9.10. The lowest BCUT2D eigenvalue weighted by atomic mass is 10.2. The summed E-state index contributed by atoms with van der Waals surface area (Å²) in [6.45, 7) is 1.65. The summed E-state index contributed by atoms with van der Waals surface area (Å²) in [7, 11) is 1.77. The van der Waals surface area contributed by atoms with Crippen molar-refractivity contribution in [3.8, 4) is 17.1 Å². The van der Waals surface area contributed by atoms with Gasteiger partial charge in [0.05, 0.1) is 11.4 Å². The van der Waals surface area contributed by atoms with E-state index in [1.54, 1.807) is 18.7 Å². The lowest BCUT2D eigenvalue weighted by molar-refractivity contribution is -0.116. The second-order valence-electron chi connectivity index (χ2n) is 6.65. The van der Waals surface area contributed by atoms with E-state index in [-0.39, 0.29) is 17.8 Å². The fourth-order valence-electron chi connectivity index (χ4n) is 3.14. The van der Waals surface area contributed by atoms with E-state index >= 15 is 0 Å². The van der Waals surface area contributed by atoms with Crippen molar-refractivity contribution in [2.45, 2.75) is 13.5 Å². The SMILES string of the molecule is Cc1c(NC(=O)Cn2nnnc2-c2ccc(Br)cc2)c(=O)n(-c2ccccc2)n1C. The molecule has 0 radical (unpaired) electrons. The average Bonchev–Trinajstić information content (AvgIpc) is 3.28. The smallest absolute Gasteiger partial charge is 0.295 e. The molecular weight excluding hydrogens is 450 g/mol. The van der Waals surface area contributed by atoms with Crippen molar-refractivity contribution in [3.05, 3.63) is 75.1 Å². The van der Waals surface area contributed by atoms with Crippen LogP contribution in [-0.2, 0) is 18.4 Å². The van der Waals surface area contributed by atoms with Crippen LogP contribution in [0.1, 0.15) is 5.69 Å². The minimum Gasteiger partial charge on any atom is -0.318 e. The predicted molar refractivity (Wildman–Crippen MR) is 115 cm³/mol. The summed E-state index contributed by atoms with van der Waals surface area (Å²) < 4.78 is 5.54. The molecule has 4 rings (SSSR count). The molecule has 0 aliphatic carbocycles. The zero-order valence-electron chi connectivity index (χ0n) is 16.3. The summed E-state index contributed by atoms with van der Waals surface area (Å²) in [6.07, 6.45) is 0. The number of nitrogens with one attached hydrogen (secondary N) is 1. The lowest BCUT2D eigenvalue weighted by Crippen LogP contribution is -2.25. The van der Waals surface area contributed by atoms with Gasteiger partial charge in [0.25, 0.3) is 5.56 Å². The van der Waals surface area contributed by atoms with Crippen molar-refractivity contribution < 1.29 is 4.79 Å². The van der Waals surface area contributed by atoms with E-state index in [1.807, 2.05) is 54.6 Å². The third kappa shape index (κ3) is 3.69. The molecule has 9 nitrogen and oxygen atoms in total. The Balaban J connectivity index is 1.59. The third-order valence-corrected chi connectivity index (χ3v) is 5.27. The Morgan fingerprint density at radius 2 is 1.80 bits per heavy atom. The van der Waals surface area contributed by atoms with Crippen LogP contribution in [0.3, 0.4) is 0 Å². The number of anilines is 1. The highest BCUT2D eigenvalue weighted by atomic mass is 79.9. The van der Waals surface area contributed by atoms with E-state index in [2.05, 4.69) is 36.8 Å². The number of para-hydroxylation sites is 1. The number of hydrogen-bond acceptors (Lipinski definition) is 5. The van der Waals surface area contributed by atoms with Gasteiger partial charge in [-0.15, -0.1) is 5.10 Å². The van der Waals surface area contributed by atoms with Crippen molar-refractivity contribution in [3.63, 3.8) is 0 Å². The number of halogens is 1. The number of hydrogen-bond donors (Lipinski definition) is 1. The Labute approximate surface area is 180 Å². The maximum absolute atomic E-state index is 12.9. The first-order valence-electron chi connectivity index (χ1n) is 9.11. The van der Waals surface area contributed by atoms with E-state index in [4.69, 9.17) is 0 Å². The topological polar surface area (TPSA) is 99.6 Å². The molecule has 152 valence electrons. The fourth-order valence-corrected chi connectivity index (χ4v) is 3.41. The van der Waals surface area contributed by atoms with Crippen LogP contribution < -0.4 is 10.9 Å². The van der Waals surface area contributed by atoms with Gasteiger partial charge in [-0.1, -0.05) is 46.3 Å². The van der Waals surface area contributed by atoms with Gasteiger partial charge in [0.2, 0.25) is 5.91 Å². The Kier molecular flexibility index (Phi) is 5.32. The molecule has 1 amide bonds. The standard InChI is InChI=1S/C20H18BrN7O2/c1-13-18(20(30)28(26(13)2)16-6-4-3-5-7-16)22-17(29)12-27-19(23-24-25-27)14-8-10-15(21)11-9-14/h3-11H,12H2,1-2H3,(H,22,29). The van der Waals surface area contributed by atoms with Crippen LogP contribution in [0.25, 0.3) is 17.1 Å². The average molecular weight is 468 g/mol. The van der Waals surface area contributed by atoms with Gasteiger partial charge in [-0.05, 0) is 41.6 Å². The van der Waals surface area contributed by atoms with Crippen molar-refractivity contribution in [1.82, 2.24) is 29.6 Å². The maximum Gasteiger partial charge on any atom is 0.295 e. The van der Waals surface area contributed by atoms with Gasteiger partial charge in [0, 0.05) is 17.1 Å². The molecular formula is C20H18BrN7O2. The molecule has 0 atom stereocenters. The number of carbonyl (C=O) groups excluding carboxylic acids is 1. The Bertz CT molecular complexity index is 1260. The second kappa shape index (κ2) is 8.07. The van der Waals surface area contributed by atoms with Gasteiger partial charge in [0.15, 0.2) is 5.82 Å². The van der Waals surface area contributed by atoms with Crippen LogP contribution in [0.15, 0.2) is 63.9 Å². The highest BCUT2D eigenvalue weighted by Gasteiger charge is 2.19. The summed E-state index contributed by atoms with van der Waals surface area (Å²) in [5, 5.41) is 14.3. The molecule has 0 unspecified atom stereocenters. The van der Waals surface area contributed by atoms with Crippen molar-refractivity contribution in [2.75, 3.05) is 5.32 Å². The van der Waals surface area contributed by atoms with Gasteiger partial charge < -0.3 is 5.32 Å². The molecule has 0 spiro atoms. The second-order valence-corrected chi connectivity index (χ2v) is 7.57. The molecule has 2 aromatic carbocycles. The van der Waals surface area contributed by atoms with Gasteiger partial charge in [0.1, 0.15) is 12.2 Å². The van der Waals surface area contributed by atoms with E-state index < -0.39 is 5.91 Å². The summed E-state index contributed by atoms with van der Waals surface area (Å²) in [5.74, 6) is 0.0656. The number of amides is 1. The lowest BCUT2D eigenvalue weighted by Gasteiger charge is -2.07. The van der Waals surface area contributed by atoms with Crippen LogP contribution >= 0.6 is 15.9 Å². The van der Waals surface area contributed by atoms with Gasteiger partial charge in [-0.3, -0.25) is 14.3 Å². The normalized spacial score (nSPS) is 10.9. The molecule has 0 saturated carbocycles. The number of rotatable bonds is 5. The van der Waals surface area contributed by atoms with Crippen LogP contribution in [0, 0.1) is 6.92 Å². The van der Waals surface area contributed by atoms with E-state index in [1.165, 1.54) is 9.36 Å². The van der Waals surface area contributed by atoms with Crippen molar-refractivity contribution >= 4 is 27.5 Å².